The van der Waals surface area contributed by atoms with Crippen molar-refractivity contribution >= 4 is 17.6 Å². The second-order valence-corrected chi connectivity index (χ2v) is 6.73. The molecule has 1 aliphatic rings. The van der Waals surface area contributed by atoms with E-state index >= 15 is 0 Å². The summed E-state index contributed by atoms with van der Waals surface area (Å²) in [5.74, 6) is 0.816. The van der Waals surface area contributed by atoms with E-state index in [1.54, 1.807) is 12.3 Å². The summed E-state index contributed by atoms with van der Waals surface area (Å²) >= 11 is 0. The molecule has 1 fully saturated rings. The van der Waals surface area contributed by atoms with Gasteiger partial charge in [-0.05, 0) is 52.2 Å². The lowest BCUT2D eigenvalue weighted by atomic mass is 10.1. The van der Waals surface area contributed by atoms with Gasteiger partial charge in [0.1, 0.15) is 5.82 Å². The Morgan fingerprint density at radius 1 is 1.24 bits per heavy atom. The van der Waals surface area contributed by atoms with Crippen LogP contribution in [0, 0.1) is 0 Å². The van der Waals surface area contributed by atoms with E-state index < -0.39 is 0 Å². The summed E-state index contributed by atoms with van der Waals surface area (Å²) in [5.41, 5.74) is 0.522. The summed E-state index contributed by atoms with van der Waals surface area (Å²) in [4.78, 5) is 32.8. The van der Waals surface area contributed by atoms with Gasteiger partial charge >= 0.3 is 0 Å². The van der Waals surface area contributed by atoms with Gasteiger partial charge in [-0.2, -0.15) is 0 Å². The normalized spacial score (nSPS) is 14.5. The second kappa shape index (κ2) is 9.39. The average molecular weight is 346 g/mol. The maximum atomic E-state index is 12.2. The molecule has 0 bridgehead atoms. The van der Waals surface area contributed by atoms with Crippen LogP contribution in [-0.2, 0) is 4.79 Å². The van der Waals surface area contributed by atoms with Crippen LogP contribution in [0.25, 0.3) is 0 Å². The van der Waals surface area contributed by atoms with E-state index in [-0.39, 0.29) is 11.8 Å². The molecule has 1 N–H and O–H groups in total. The maximum absolute atomic E-state index is 12.2. The van der Waals surface area contributed by atoms with E-state index in [0.29, 0.717) is 24.6 Å². The summed E-state index contributed by atoms with van der Waals surface area (Å²) in [6.07, 6.45) is 5.33. The standard InChI is InChI=1S/C19H30N4O2/c1-4-23(15(2)3)17-9-8-16(14-21-17)19(25)20-11-10-18(24)22-12-6-5-7-13-22/h8-9,14-15H,4-7,10-13H2,1-3H3,(H,20,25). The van der Waals surface area contributed by atoms with Gasteiger partial charge in [-0.15, -0.1) is 0 Å². The Bertz CT molecular complexity index is 565. The van der Waals surface area contributed by atoms with Gasteiger partial charge in [0.05, 0.1) is 5.56 Å². The summed E-state index contributed by atoms with van der Waals surface area (Å²) < 4.78 is 0. The number of aromatic nitrogens is 1. The average Bonchev–Trinajstić information content (AvgIpc) is 2.63. The molecule has 0 aliphatic carbocycles. The first-order valence-electron chi connectivity index (χ1n) is 9.31. The lowest BCUT2D eigenvalue weighted by Crippen LogP contribution is -2.37. The van der Waals surface area contributed by atoms with Crippen molar-refractivity contribution in [3.05, 3.63) is 23.9 Å². The number of amides is 2. The highest BCUT2D eigenvalue weighted by atomic mass is 16.2. The zero-order chi connectivity index (χ0) is 18.2. The SMILES string of the molecule is CCN(c1ccc(C(=O)NCCC(=O)N2CCCCC2)cn1)C(C)C. The van der Waals surface area contributed by atoms with Crippen molar-refractivity contribution in [1.82, 2.24) is 15.2 Å². The number of nitrogens with one attached hydrogen (secondary N) is 1. The zero-order valence-electron chi connectivity index (χ0n) is 15.6. The van der Waals surface area contributed by atoms with Crippen molar-refractivity contribution in [3.63, 3.8) is 0 Å². The van der Waals surface area contributed by atoms with Gasteiger partial charge < -0.3 is 15.1 Å². The molecule has 2 rings (SSSR count). The Morgan fingerprint density at radius 3 is 2.52 bits per heavy atom. The van der Waals surface area contributed by atoms with Crippen molar-refractivity contribution in [2.75, 3.05) is 31.1 Å². The second-order valence-electron chi connectivity index (χ2n) is 6.73. The number of pyridine rings is 1. The van der Waals surface area contributed by atoms with Crippen molar-refractivity contribution in [2.45, 2.75) is 52.5 Å². The Morgan fingerprint density at radius 2 is 1.96 bits per heavy atom. The number of likely N-dealkylation sites (tertiary alicyclic amines) is 1. The lowest BCUT2D eigenvalue weighted by molar-refractivity contribution is -0.131. The van der Waals surface area contributed by atoms with Crippen LogP contribution in [0.3, 0.4) is 0 Å². The summed E-state index contributed by atoms with van der Waals surface area (Å²) in [6.45, 7) is 9.25. The third-order valence-electron chi connectivity index (χ3n) is 4.60. The van der Waals surface area contributed by atoms with E-state index in [9.17, 15) is 9.59 Å². The first-order chi connectivity index (χ1) is 12.0. The van der Waals surface area contributed by atoms with Crippen molar-refractivity contribution in [3.8, 4) is 0 Å². The van der Waals surface area contributed by atoms with Crippen LogP contribution < -0.4 is 10.2 Å². The molecule has 1 aromatic heterocycles. The molecule has 1 saturated heterocycles. The van der Waals surface area contributed by atoms with E-state index in [1.807, 2.05) is 11.0 Å². The Kier molecular flexibility index (Phi) is 7.22. The Balaban J connectivity index is 1.81. The quantitative estimate of drug-likeness (QED) is 0.823. The van der Waals surface area contributed by atoms with Gasteiger partial charge in [0.2, 0.25) is 5.91 Å². The van der Waals surface area contributed by atoms with E-state index in [0.717, 1.165) is 38.3 Å². The molecular formula is C19H30N4O2. The molecule has 0 atom stereocenters. The fourth-order valence-corrected chi connectivity index (χ4v) is 3.17. The van der Waals surface area contributed by atoms with Crippen molar-refractivity contribution < 1.29 is 9.59 Å². The molecule has 2 amide bonds. The fraction of sp³-hybridized carbons (Fsp3) is 0.632. The highest BCUT2D eigenvalue weighted by Crippen LogP contribution is 2.14. The third-order valence-corrected chi connectivity index (χ3v) is 4.60. The lowest BCUT2D eigenvalue weighted by Gasteiger charge is -2.26. The van der Waals surface area contributed by atoms with Crippen LogP contribution in [-0.4, -0.2) is 53.9 Å². The van der Waals surface area contributed by atoms with Gasteiger partial charge in [0.25, 0.3) is 5.91 Å². The number of anilines is 1. The third kappa shape index (κ3) is 5.44. The number of hydrogen-bond donors (Lipinski definition) is 1. The maximum Gasteiger partial charge on any atom is 0.252 e. The number of piperidine rings is 1. The predicted molar refractivity (Wildman–Crippen MR) is 99.8 cm³/mol. The van der Waals surface area contributed by atoms with Gasteiger partial charge in [0, 0.05) is 44.8 Å². The van der Waals surface area contributed by atoms with Crippen molar-refractivity contribution in [2.24, 2.45) is 0 Å². The molecule has 1 aromatic rings. The topological polar surface area (TPSA) is 65.5 Å². The van der Waals surface area contributed by atoms with Gasteiger partial charge in [-0.1, -0.05) is 0 Å². The highest BCUT2D eigenvalue weighted by Gasteiger charge is 2.16. The minimum absolute atomic E-state index is 0.129. The molecule has 0 aromatic carbocycles. The summed E-state index contributed by atoms with van der Waals surface area (Å²) in [7, 11) is 0. The van der Waals surface area contributed by atoms with E-state index in [1.165, 1.54) is 6.42 Å². The van der Waals surface area contributed by atoms with Crippen molar-refractivity contribution in [1.29, 1.82) is 0 Å². The van der Waals surface area contributed by atoms with Gasteiger partial charge in [-0.25, -0.2) is 4.98 Å². The molecule has 2 heterocycles. The largest absolute Gasteiger partial charge is 0.354 e. The summed E-state index contributed by atoms with van der Waals surface area (Å²) in [5, 5.41) is 2.81. The van der Waals surface area contributed by atoms with E-state index in [2.05, 4.69) is 36.0 Å². The smallest absolute Gasteiger partial charge is 0.252 e. The number of hydrogen-bond acceptors (Lipinski definition) is 4. The van der Waals surface area contributed by atoms with Crippen LogP contribution in [0.15, 0.2) is 18.3 Å². The molecule has 25 heavy (non-hydrogen) atoms. The van der Waals surface area contributed by atoms with Crippen LogP contribution >= 0.6 is 0 Å². The zero-order valence-corrected chi connectivity index (χ0v) is 15.6. The number of nitrogens with zero attached hydrogens (tertiary/aromatic N) is 3. The minimum Gasteiger partial charge on any atom is -0.354 e. The molecule has 0 saturated carbocycles. The van der Waals surface area contributed by atoms with Crippen LogP contribution in [0.1, 0.15) is 56.8 Å². The van der Waals surface area contributed by atoms with E-state index in [4.69, 9.17) is 0 Å². The highest BCUT2D eigenvalue weighted by molar-refractivity contribution is 5.94. The molecule has 138 valence electrons. The predicted octanol–water partition coefficient (Wildman–Crippen LogP) is 2.45. The number of carbonyl (C=O) groups excluding carboxylic acids is 2. The van der Waals surface area contributed by atoms with Crippen LogP contribution in [0.2, 0.25) is 0 Å². The molecule has 0 radical (unpaired) electrons. The molecule has 6 heteroatoms. The summed E-state index contributed by atoms with van der Waals surface area (Å²) in [6, 6.07) is 4.02. The molecular weight excluding hydrogens is 316 g/mol. The monoisotopic (exact) mass is 346 g/mol. The minimum atomic E-state index is -0.182. The van der Waals surface area contributed by atoms with Crippen LogP contribution in [0.5, 0.6) is 0 Å². The Labute approximate surface area is 150 Å². The molecule has 0 unspecified atom stereocenters. The van der Waals surface area contributed by atoms with Gasteiger partial charge in [-0.3, -0.25) is 9.59 Å². The Hall–Kier alpha value is -2.11. The van der Waals surface area contributed by atoms with Crippen LogP contribution in [0.4, 0.5) is 5.82 Å². The first-order valence-corrected chi connectivity index (χ1v) is 9.31. The molecule has 0 spiro atoms. The first kappa shape index (κ1) is 19.2. The number of carbonyl (C=O) groups is 2. The molecule has 6 nitrogen and oxygen atoms in total. The number of rotatable bonds is 7. The fourth-order valence-electron chi connectivity index (χ4n) is 3.17. The van der Waals surface area contributed by atoms with Gasteiger partial charge in [0.15, 0.2) is 0 Å². The molecule has 1 aliphatic heterocycles.